The van der Waals surface area contributed by atoms with Gasteiger partial charge in [-0.05, 0) is 54.4 Å². The fraction of sp³-hybridized carbons (Fsp3) is 1.00. The van der Waals surface area contributed by atoms with Crippen LogP contribution in [0, 0.1) is 0 Å². The highest BCUT2D eigenvalue weighted by Gasteiger charge is 2.28. The van der Waals surface area contributed by atoms with Crippen molar-refractivity contribution < 1.29 is 0 Å². The van der Waals surface area contributed by atoms with Crippen molar-refractivity contribution in [3.63, 3.8) is 0 Å². The van der Waals surface area contributed by atoms with Crippen molar-refractivity contribution >= 4 is 0 Å². The van der Waals surface area contributed by atoms with Crippen molar-refractivity contribution in [3.05, 3.63) is 0 Å². The molecule has 1 aliphatic heterocycles. The highest BCUT2D eigenvalue weighted by Crippen LogP contribution is 2.15. The van der Waals surface area contributed by atoms with E-state index in [1.807, 2.05) is 0 Å². The second-order valence-electron chi connectivity index (χ2n) is 8.95. The second-order valence-corrected chi connectivity index (χ2v) is 8.95. The SMILES string of the molecule is C[C@H]1CC(C)(C)NC(CN)CN[C@@H](C)CC(C)(C)NC(CN)CN1. The zero-order valence-electron chi connectivity index (χ0n) is 16.7. The van der Waals surface area contributed by atoms with Gasteiger partial charge in [-0.1, -0.05) is 0 Å². The molecule has 0 aromatic carbocycles. The Balaban J connectivity index is 2.84. The third-order valence-electron chi connectivity index (χ3n) is 4.82. The van der Waals surface area contributed by atoms with E-state index in [1.165, 1.54) is 0 Å². The van der Waals surface area contributed by atoms with Crippen molar-refractivity contribution in [3.8, 4) is 0 Å². The monoisotopic (exact) mass is 342 g/mol. The van der Waals surface area contributed by atoms with E-state index in [1.54, 1.807) is 0 Å². The van der Waals surface area contributed by atoms with Gasteiger partial charge in [0.25, 0.3) is 0 Å². The van der Waals surface area contributed by atoms with Crippen molar-refractivity contribution in [2.24, 2.45) is 11.5 Å². The largest absolute Gasteiger partial charge is 0.329 e. The highest BCUT2D eigenvalue weighted by atomic mass is 15.1. The van der Waals surface area contributed by atoms with Gasteiger partial charge in [0.1, 0.15) is 0 Å². The molecule has 1 heterocycles. The quantitative estimate of drug-likeness (QED) is 0.427. The Morgan fingerprint density at radius 2 is 1.08 bits per heavy atom. The lowest BCUT2D eigenvalue weighted by atomic mass is 9.92. The highest BCUT2D eigenvalue weighted by molar-refractivity contribution is 4.91. The maximum absolute atomic E-state index is 5.99. The molecule has 2 unspecified atom stereocenters. The van der Waals surface area contributed by atoms with Gasteiger partial charge in [-0.3, -0.25) is 0 Å². The molecule has 1 aliphatic rings. The minimum atomic E-state index is 0.0381. The van der Waals surface area contributed by atoms with Gasteiger partial charge in [-0.15, -0.1) is 0 Å². The molecule has 0 radical (unpaired) electrons. The van der Waals surface area contributed by atoms with E-state index < -0.39 is 0 Å². The number of nitrogens with two attached hydrogens (primary N) is 2. The smallest absolute Gasteiger partial charge is 0.0320 e. The first-order valence-corrected chi connectivity index (χ1v) is 9.49. The molecule has 0 amide bonds. The summed E-state index contributed by atoms with van der Waals surface area (Å²) in [5, 5.41) is 14.7. The molecule has 0 spiro atoms. The van der Waals surface area contributed by atoms with Crippen LogP contribution in [0.2, 0.25) is 0 Å². The standard InChI is InChI=1S/C18H42N6/c1-13-7-17(3,4)23-16(10-20)12-22-14(2)8-18(5,6)24-15(9-19)11-21-13/h13-16,21-24H,7-12,19-20H2,1-6H3/t13-,14-,15?,16?/m0/s1. The third kappa shape index (κ3) is 8.23. The molecule has 1 rings (SSSR count). The molecule has 144 valence electrons. The number of hydrogen-bond donors (Lipinski definition) is 6. The Morgan fingerprint density at radius 3 is 1.38 bits per heavy atom. The van der Waals surface area contributed by atoms with E-state index in [2.05, 4.69) is 62.8 Å². The van der Waals surface area contributed by atoms with Crippen molar-refractivity contribution in [2.75, 3.05) is 26.2 Å². The first kappa shape index (κ1) is 21.8. The molecular weight excluding hydrogens is 300 g/mol. The summed E-state index contributed by atoms with van der Waals surface area (Å²) >= 11 is 0. The Morgan fingerprint density at radius 1 is 0.750 bits per heavy atom. The molecule has 0 aliphatic carbocycles. The van der Waals surface area contributed by atoms with Crippen molar-refractivity contribution in [1.82, 2.24) is 21.3 Å². The first-order valence-electron chi connectivity index (χ1n) is 9.49. The van der Waals surface area contributed by atoms with E-state index >= 15 is 0 Å². The van der Waals surface area contributed by atoms with Crippen LogP contribution in [0.25, 0.3) is 0 Å². The maximum atomic E-state index is 5.99. The Labute approximate surface area is 149 Å². The molecule has 0 saturated carbocycles. The average Bonchev–Trinajstić information content (AvgIpc) is 2.45. The van der Waals surface area contributed by atoms with E-state index in [-0.39, 0.29) is 23.2 Å². The molecule has 4 atom stereocenters. The van der Waals surface area contributed by atoms with Gasteiger partial charge in [0, 0.05) is 61.4 Å². The summed E-state index contributed by atoms with van der Waals surface area (Å²) in [5.74, 6) is 0. The number of nitrogens with one attached hydrogen (secondary N) is 4. The molecule has 6 nitrogen and oxygen atoms in total. The first-order chi connectivity index (χ1) is 11.1. The van der Waals surface area contributed by atoms with Gasteiger partial charge in [0.2, 0.25) is 0 Å². The van der Waals surface area contributed by atoms with Crippen LogP contribution in [0.1, 0.15) is 54.4 Å². The maximum Gasteiger partial charge on any atom is 0.0320 e. The van der Waals surface area contributed by atoms with Crippen LogP contribution in [0.5, 0.6) is 0 Å². The predicted octanol–water partition coefficient (Wildman–Crippen LogP) is 0.127. The Hall–Kier alpha value is -0.240. The molecule has 0 bridgehead atoms. The van der Waals surface area contributed by atoms with Gasteiger partial charge >= 0.3 is 0 Å². The van der Waals surface area contributed by atoms with Gasteiger partial charge in [0.15, 0.2) is 0 Å². The topological polar surface area (TPSA) is 100 Å². The van der Waals surface area contributed by atoms with Crippen LogP contribution in [0.3, 0.4) is 0 Å². The zero-order valence-corrected chi connectivity index (χ0v) is 16.7. The lowest BCUT2D eigenvalue weighted by Crippen LogP contribution is -2.59. The zero-order chi connectivity index (χ0) is 18.4. The van der Waals surface area contributed by atoms with Crippen LogP contribution in [0.4, 0.5) is 0 Å². The summed E-state index contributed by atoms with van der Waals surface area (Å²) in [7, 11) is 0. The molecule has 6 heteroatoms. The summed E-state index contributed by atoms with van der Waals surface area (Å²) in [6.07, 6.45) is 2.08. The summed E-state index contributed by atoms with van der Waals surface area (Å²) in [5.41, 5.74) is 12.0. The van der Waals surface area contributed by atoms with Crippen LogP contribution in [-0.4, -0.2) is 61.4 Å². The van der Waals surface area contributed by atoms with Gasteiger partial charge in [-0.2, -0.15) is 0 Å². The van der Waals surface area contributed by atoms with Crippen LogP contribution < -0.4 is 32.7 Å². The Kier molecular flexibility index (Phi) is 8.59. The Bertz CT molecular complexity index is 323. The van der Waals surface area contributed by atoms with E-state index in [0.29, 0.717) is 25.2 Å². The van der Waals surface area contributed by atoms with E-state index in [0.717, 1.165) is 25.9 Å². The average molecular weight is 343 g/mol. The second kappa shape index (κ2) is 9.46. The molecule has 0 aromatic rings. The molecule has 1 saturated heterocycles. The molecule has 24 heavy (non-hydrogen) atoms. The normalized spacial score (nSPS) is 36.0. The minimum Gasteiger partial charge on any atom is -0.329 e. The fourth-order valence-electron chi connectivity index (χ4n) is 3.97. The van der Waals surface area contributed by atoms with Crippen LogP contribution in [0.15, 0.2) is 0 Å². The number of rotatable bonds is 2. The van der Waals surface area contributed by atoms with Crippen molar-refractivity contribution in [2.45, 2.75) is 89.6 Å². The van der Waals surface area contributed by atoms with Crippen molar-refractivity contribution in [1.29, 1.82) is 0 Å². The summed E-state index contributed by atoms with van der Waals surface area (Å²) < 4.78 is 0. The van der Waals surface area contributed by atoms with Crippen LogP contribution in [-0.2, 0) is 0 Å². The molecule has 8 N–H and O–H groups in total. The predicted molar refractivity (Wildman–Crippen MR) is 104 cm³/mol. The minimum absolute atomic E-state index is 0.0381. The van der Waals surface area contributed by atoms with Gasteiger partial charge in [-0.25, -0.2) is 0 Å². The molecule has 0 aromatic heterocycles. The van der Waals surface area contributed by atoms with E-state index in [4.69, 9.17) is 11.5 Å². The van der Waals surface area contributed by atoms with E-state index in [9.17, 15) is 0 Å². The molecule has 1 fully saturated rings. The van der Waals surface area contributed by atoms with Gasteiger partial charge in [0.05, 0.1) is 0 Å². The number of hydrogen-bond acceptors (Lipinski definition) is 6. The summed E-state index contributed by atoms with van der Waals surface area (Å²) in [4.78, 5) is 0. The lowest BCUT2D eigenvalue weighted by Gasteiger charge is -2.38. The fourth-order valence-corrected chi connectivity index (χ4v) is 3.97. The third-order valence-corrected chi connectivity index (χ3v) is 4.82. The summed E-state index contributed by atoms with van der Waals surface area (Å²) in [6, 6.07) is 1.40. The molecular formula is C18H42N6. The van der Waals surface area contributed by atoms with Crippen LogP contribution >= 0.6 is 0 Å². The lowest BCUT2D eigenvalue weighted by molar-refractivity contribution is 0.240. The van der Waals surface area contributed by atoms with Gasteiger partial charge < -0.3 is 32.7 Å². The summed E-state index contributed by atoms with van der Waals surface area (Å²) in [6.45, 7) is 16.6.